The second kappa shape index (κ2) is 4.30. The summed E-state index contributed by atoms with van der Waals surface area (Å²) in [6.07, 6.45) is 6.92. The Morgan fingerprint density at radius 3 is 2.76 bits per heavy atom. The molecule has 0 aromatic carbocycles. The number of hydrogen-bond donors (Lipinski definition) is 1. The quantitative estimate of drug-likeness (QED) is 0.736. The SMILES string of the molecule is N#C[C@@H]1CCN1C(=O)[C@@H]1CC2CCCCC2N1. The number of fused-ring (bicyclic) bond motifs is 1. The summed E-state index contributed by atoms with van der Waals surface area (Å²) in [5.41, 5.74) is 0. The van der Waals surface area contributed by atoms with Gasteiger partial charge in [-0.1, -0.05) is 12.8 Å². The van der Waals surface area contributed by atoms with Crippen molar-refractivity contribution in [3.63, 3.8) is 0 Å². The summed E-state index contributed by atoms with van der Waals surface area (Å²) in [5.74, 6) is 0.858. The van der Waals surface area contributed by atoms with Crippen molar-refractivity contribution in [3.8, 4) is 6.07 Å². The Balaban J connectivity index is 1.62. The second-order valence-corrected chi connectivity index (χ2v) is 5.57. The van der Waals surface area contributed by atoms with Crippen LogP contribution in [0.3, 0.4) is 0 Å². The molecule has 3 fully saturated rings. The fraction of sp³-hybridized carbons (Fsp3) is 0.846. The van der Waals surface area contributed by atoms with Crippen LogP contribution in [0, 0.1) is 17.2 Å². The normalized spacial score (nSPS) is 40.3. The van der Waals surface area contributed by atoms with Crippen LogP contribution >= 0.6 is 0 Å². The van der Waals surface area contributed by atoms with Gasteiger partial charge in [0.25, 0.3) is 0 Å². The number of carbonyl (C=O) groups is 1. The second-order valence-electron chi connectivity index (χ2n) is 5.57. The Bertz CT molecular complexity index is 348. The number of nitrogens with zero attached hydrogens (tertiary/aromatic N) is 2. The maximum atomic E-state index is 12.3. The zero-order valence-electron chi connectivity index (χ0n) is 10.1. The predicted octanol–water partition coefficient (Wildman–Crippen LogP) is 1.03. The zero-order valence-corrected chi connectivity index (χ0v) is 10.1. The summed E-state index contributed by atoms with van der Waals surface area (Å²) in [6.45, 7) is 0.768. The Morgan fingerprint density at radius 1 is 1.29 bits per heavy atom. The van der Waals surface area contributed by atoms with Gasteiger partial charge in [0.1, 0.15) is 6.04 Å². The molecule has 1 amide bonds. The van der Waals surface area contributed by atoms with Crippen LogP contribution in [-0.4, -0.2) is 35.5 Å². The van der Waals surface area contributed by atoms with Gasteiger partial charge in [-0.05, 0) is 31.6 Å². The first kappa shape index (κ1) is 11.0. The van der Waals surface area contributed by atoms with E-state index in [2.05, 4.69) is 11.4 Å². The van der Waals surface area contributed by atoms with Crippen LogP contribution in [0.1, 0.15) is 38.5 Å². The molecule has 0 aromatic heterocycles. The van der Waals surface area contributed by atoms with Crippen molar-refractivity contribution in [1.82, 2.24) is 10.2 Å². The summed E-state index contributed by atoms with van der Waals surface area (Å²) < 4.78 is 0. The van der Waals surface area contributed by atoms with E-state index in [1.54, 1.807) is 4.90 Å². The number of amides is 1. The van der Waals surface area contributed by atoms with E-state index in [0.717, 1.165) is 19.4 Å². The van der Waals surface area contributed by atoms with Gasteiger partial charge in [0.2, 0.25) is 5.91 Å². The number of carbonyl (C=O) groups excluding carboxylic acids is 1. The van der Waals surface area contributed by atoms with Gasteiger partial charge in [-0.15, -0.1) is 0 Å². The fourth-order valence-electron chi connectivity index (χ4n) is 3.50. The maximum absolute atomic E-state index is 12.3. The molecule has 1 aliphatic carbocycles. The number of likely N-dealkylation sites (tertiary alicyclic amines) is 1. The van der Waals surface area contributed by atoms with Crippen LogP contribution in [0.5, 0.6) is 0 Å². The van der Waals surface area contributed by atoms with Gasteiger partial charge >= 0.3 is 0 Å². The summed E-state index contributed by atoms with van der Waals surface area (Å²) in [7, 11) is 0. The third kappa shape index (κ3) is 1.83. The molecule has 3 aliphatic rings. The summed E-state index contributed by atoms with van der Waals surface area (Å²) >= 11 is 0. The van der Waals surface area contributed by atoms with Crippen molar-refractivity contribution in [2.75, 3.05) is 6.54 Å². The largest absolute Gasteiger partial charge is 0.325 e. The Labute approximate surface area is 102 Å². The van der Waals surface area contributed by atoms with Crippen LogP contribution in [-0.2, 0) is 4.79 Å². The third-order valence-electron chi connectivity index (χ3n) is 4.61. The molecule has 4 atom stereocenters. The van der Waals surface area contributed by atoms with Gasteiger partial charge in [0, 0.05) is 12.6 Å². The third-order valence-corrected chi connectivity index (χ3v) is 4.61. The highest BCUT2D eigenvalue weighted by molar-refractivity contribution is 5.83. The zero-order chi connectivity index (χ0) is 11.8. The molecule has 0 spiro atoms. The van der Waals surface area contributed by atoms with E-state index in [9.17, 15) is 4.79 Å². The average molecular weight is 233 g/mol. The topological polar surface area (TPSA) is 56.1 Å². The lowest BCUT2D eigenvalue weighted by Gasteiger charge is -2.38. The lowest BCUT2D eigenvalue weighted by atomic mass is 9.85. The van der Waals surface area contributed by atoms with Crippen LogP contribution < -0.4 is 5.32 Å². The van der Waals surface area contributed by atoms with Crippen LogP contribution in [0.2, 0.25) is 0 Å². The van der Waals surface area contributed by atoms with Crippen molar-refractivity contribution >= 4 is 5.91 Å². The highest BCUT2D eigenvalue weighted by atomic mass is 16.2. The molecule has 4 nitrogen and oxygen atoms in total. The Morgan fingerprint density at radius 2 is 2.12 bits per heavy atom. The van der Waals surface area contributed by atoms with E-state index in [4.69, 9.17) is 5.26 Å². The monoisotopic (exact) mass is 233 g/mol. The molecule has 92 valence electrons. The number of rotatable bonds is 1. The maximum Gasteiger partial charge on any atom is 0.240 e. The molecule has 1 N–H and O–H groups in total. The molecule has 2 saturated heterocycles. The summed E-state index contributed by atoms with van der Waals surface area (Å²) in [6, 6.07) is 2.58. The molecule has 2 heterocycles. The van der Waals surface area contributed by atoms with Gasteiger partial charge in [-0.2, -0.15) is 5.26 Å². The van der Waals surface area contributed by atoms with Crippen LogP contribution in [0.4, 0.5) is 0 Å². The first-order valence-corrected chi connectivity index (χ1v) is 6.76. The summed E-state index contributed by atoms with van der Waals surface area (Å²) in [5, 5.41) is 12.4. The molecule has 2 aliphatic heterocycles. The molecule has 1 saturated carbocycles. The first-order chi connectivity index (χ1) is 8.29. The van der Waals surface area contributed by atoms with Crippen LogP contribution in [0.15, 0.2) is 0 Å². The molecule has 3 rings (SSSR count). The van der Waals surface area contributed by atoms with Crippen molar-refractivity contribution in [2.24, 2.45) is 5.92 Å². The minimum absolute atomic E-state index is 0.0146. The first-order valence-electron chi connectivity index (χ1n) is 6.76. The summed E-state index contributed by atoms with van der Waals surface area (Å²) in [4.78, 5) is 14.0. The van der Waals surface area contributed by atoms with E-state index in [1.807, 2.05) is 0 Å². The van der Waals surface area contributed by atoms with Crippen molar-refractivity contribution in [3.05, 3.63) is 0 Å². The predicted molar refractivity (Wildman–Crippen MR) is 63.0 cm³/mol. The molecular formula is C13H19N3O. The average Bonchev–Trinajstić information content (AvgIpc) is 2.71. The van der Waals surface area contributed by atoms with Crippen molar-refractivity contribution in [1.29, 1.82) is 5.26 Å². The standard InChI is InChI=1S/C13H19N3O/c14-8-10-5-6-16(10)13(17)12-7-9-3-1-2-4-11(9)15-12/h9-12,15H,1-7H2/t9?,10-,11?,12-/m0/s1. The van der Waals surface area contributed by atoms with E-state index in [0.29, 0.717) is 12.0 Å². The molecule has 0 bridgehead atoms. The number of hydrogen-bond acceptors (Lipinski definition) is 3. The molecule has 2 unspecified atom stereocenters. The number of nitrogens with one attached hydrogen (secondary N) is 1. The van der Waals surface area contributed by atoms with E-state index < -0.39 is 0 Å². The lowest BCUT2D eigenvalue weighted by Crippen LogP contribution is -2.56. The van der Waals surface area contributed by atoms with Gasteiger partial charge < -0.3 is 10.2 Å². The van der Waals surface area contributed by atoms with E-state index >= 15 is 0 Å². The molecule has 4 heteroatoms. The van der Waals surface area contributed by atoms with Gasteiger partial charge in [-0.3, -0.25) is 4.79 Å². The fourth-order valence-corrected chi connectivity index (χ4v) is 3.50. The lowest BCUT2D eigenvalue weighted by molar-refractivity contribution is -0.138. The highest BCUT2D eigenvalue weighted by Gasteiger charge is 2.42. The molecule has 17 heavy (non-hydrogen) atoms. The van der Waals surface area contributed by atoms with Crippen molar-refractivity contribution < 1.29 is 4.79 Å². The van der Waals surface area contributed by atoms with E-state index in [-0.39, 0.29) is 18.0 Å². The molecule has 0 radical (unpaired) electrons. The number of nitriles is 1. The minimum atomic E-state index is -0.160. The molecule has 0 aromatic rings. The van der Waals surface area contributed by atoms with E-state index in [1.165, 1.54) is 25.7 Å². The van der Waals surface area contributed by atoms with Crippen LogP contribution in [0.25, 0.3) is 0 Å². The van der Waals surface area contributed by atoms with Gasteiger partial charge in [0.15, 0.2) is 0 Å². The smallest absolute Gasteiger partial charge is 0.240 e. The van der Waals surface area contributed by atoms with Gasteiger partial charge in [0.05, 0.1) is 12.1 Å². The molecular weight excluding hydrogens is 214 g/mol. The minimum Gasteiger partial charge on any atom is -0.325 e. The Hall–Kier alpha value is -1.08. The Kier molecular flexibility index (Phi) is 2.79. The highest BCUT2D eigenvalue weighted by Crippen LogP contribution is 2.34. The van der Waals surface area contributed by atoms with Gasteiger partial charge in [-0.25, -0.2) is 0 Å². The van der Waals surface area contributed by atoms with Crippen molar-refractivity contribution in [2.45, 2.75) is 56.7 Å².